The molecule has 0 radical (unpaired) electrons. The molecule has 10 aromatic carbocycles. The molecule has 0 aliphatic heterocycles. The van der Waals surface area contributed by atoms with Crippen molar-refractivity contribution in [3.05, 3.63) is 200 Å². The van der Waals surface area contributed by atoms with Crippen LogP contribution < -0.4 is 4.90 Å². The van der Waals surface area contributed by atoms with Crippen LogP contribution in [-0.2, 0) is 0 Å². The highest BCUT2D eigenvalue weighted by Gasteiger charge is 2.22. The Morgan fingerprint density at radius 1 is 0.315 bits per heavy atom. The maximum absolute atomic E-state index is 2.47. The molecule has 0 N–H and O–H groups in total. The van der Waals surface area contributed by atoms with Gasteiger partial charge < -0.3 is 4.90 Å². The lowest BCUT2D eigenvalue weighted by atomic mass is 9.92. The van der Waals surface area contributed by atoms with Crippen molar-refractivity contribution in [3.63, 3.8) is 0 Å². The van der Waals surface area contributed by atoms with Crippen LogP contribution in [-0.4, -0.2) is 0 Å². The molecule has 0 amide bonds. The summed E-state index contributed by atoms with van der Waals surface area (Å²) in [5.74, 6) is 0. The number of thiophene rings is 1. The van der Waals surface area contributed by atoms with E-state index in [9.17, 15) is 0 Å². The first-order valence-corrected chi connectivity index (χ1v) is 19.3. The van der Waals surface area contributed by atoms with Crippen molar-refractivity contribution < 1.29 is 0 Å². The summed E-state index contributed by atoms with van der Waals surface area (Å²) in [5.41, 5.74) is 8.25. The minimum absolute atomic E-state index is 1.12. The molecule has 1 nitrogen and oxygen atoms in total. The largest absolute Gasteiger partial charge is 0.309 e. The van der Waals surface area contributed by atoms with E-state index in [0.717, 1.165) is 11.4 Å². The summed E-state index contributed by atoms with van der Waals surface area (Å²) in [4.78, 5) is 2.47. The number of fused-ring (bicyclic) bond motifs is 10. The summed E-state index contributed by atoms with van der Waals surface area (Å²) >= 11 is 1.87. The lowest BCUT2D eigenvalue weighted by Gasteiger charge is -2.29. The third kappa shape index (κ3) is 4.85. The Labute approximate surface area is 317 Å². The molecule has 0 fully saturated rings. The van der Waals surface area contributed by atoms with Gasteiger partial charge in [-0.1, -0.05) is 170 Å². The number of benzene rings is 10. The summed E-state index contributed by atoms with van der Waals surface area (Å²) in [5, 5.41) is 12.8. The standard InChI is InChI=1S/C52H33NS/c1-2-13-34(14-3-1)40-16-8-10-23-47(40)53(48-33-50-52(45-19-7-6-18-43(45)48)46-20-9-11-24-49(46)54-50)38-30-27-36(28-31-38)39-21-12-22-44-42(39)32-29-37-26-25-35-15-4-5-17-41(35)51(37)44/h1-33H. The van der Waals surface area contributed by atoms with Crippen molar-refractivity contribution in [2.45, 2.75) is 0 Å². The van der Waals surface area contributed by atoms with Crippen molar-refractivity contribution in [2.75, 3.05) is 4.90 Å². The molecule has 0 saturated carbocycles. The second-order valence-corrected chi connectivity index (χ2v) is 15.1. The van der Waals surface area contributed by atoms with E-state index in [1.165, 1.54) is 91.2 Å². The third-order valence-corrected chi connectivity index (χ3v) is 12.2. The van der Waals surface area contributed by atoms with Gasteiger partial charge in [0.1, 0.15) is 0 Å². The van der Waals surface area contributed by atoms with Gasteiger partial charge in [0.15, 0.2) is 0 Å². The topological polar surface area (TPSA) is 3.24 Å². The second kappa shape index (κ2) is 12.4. The van der Waals surface area contributed by atoms with Gasteiger partial charge in [-0.25, -0.2) is 0 Å². The van der Waals surface area contributed by atoms with E-state index in [4.69, 9.17) is 0 Å². The number of nitrogens with zero attached hydrogens (tertiary/aromatic N) is 1. The van der Waals surface area contributed by atoms with Crippen molar-refractivity contribution in [1.29, 1.82) is 0 Å². The van der Waals surface area contributed by atoms with Crippen LogP contribution >= 0.6 is 11.3 Å². The fourth-order valence-corrected chi connectivity index (χ4v) is 9.76. The smallest absolute Gasteiger partial charge is 0.0554 e. The summed E-state index contributed by atoms with van der Waals surface area (Å²) in [7, 11) is 0. The number of rotatable bonds is 5. The minimum Gasteiger partial charge on any atom is -0.309 e. The zero-order valence-corrected chi connectivity index (χ0v) is 30.2. The monoisotopic (exact) mass is 703 g/mol. The van der Waals surface area contributed by atoms with Crippen LogP contribution in [0.4, 0.5) is 17.1 Å². The van der Waals surface area contributed by atoms with Crippen molar-refractivity contribution in [2.24, 2.45) is 0 Å². The van der Waals surface area contributed by atoms with Crippen LogP contribution in [0, 0.1) is 0 Å². The van der Waals surface area contributed by atoms with Crippen LogP contribution in [0.5, 0.6) is 0 Å². The quantitative estimate of drug-likeness (QED) is 0.161. The zero-order chi connectivity index (χ0) is 35.6. The Kier molecular flexibility index (Phi) is 7.11. The molecule has 252 valence electrons. The van der Waals surface area contributed by atoms with Crippen molar-refractivity contribution in [3.8, 4) is 22.3 Å². The van der Waals surface area contributed by atoms with Crippen LogP contribution in [0.1, 0.15) is 0 Å². The highest BCUT2D eigenvalue weighted by Crippen LogP contribution is 2.48. The zero-order valence-electron chi connectivity index (χ0n) is 29.4. The molecular weight excluding hydrogens is 671 g/mol. The summed E-state index contributed by atoms with van der Waals surface area (Å²) in [6.07, 6.45) is 0. The molecule has 1 heterocycles. The minimum atomic E-state index is 1.12. The Balaban J connectivity index is 1.14. The van der Waals surface area contributed by atoms with E-state index in [1.54, 1.807) is 0 Å². The Morgan fingerprint density at radius 2 is 0.926 bits per heavy atom. The van der Waals surface area contributed by atoms with Gasteiger partial charge in [-0.15, -0.1) is 11.3 Å². The molecule has 0 saturated heterocycles. The molecular formula is C52H33NS. The molecule has 0 spiro atoms. The molecule has 0 bridgehead atoms. The van der Waals surface area contributed by atoms with Gasteiger partial charge in [0.25, 0.3) is 0 Å². The lowest BCUT2D eigenvalue weighted by molar-refractivity contribution is 1.30. The summed E-state index contributed by atoms with van der Waals surface area (Å²) < 4.78 is 2.60. The van der Waals surface area contributed by atoms with E-state index in [2.05, 4.69) is 205 Å². The molecule has 0 aliphatic carbocycles. The molecule has 2 heteroatoms. The van der Waals surface area contributed by atoms with E-state index >= 15 is 0 Å². The summed E-state index contributed by atoms with van der Waals surface area (Å²) in [6, 6.07) is 73.5. The van der Waals surface area contributed by atoms with Crippen LogP contribution in [0.3, 0.4) is 0 Å². The Hall–Kier alpha value is -6.74. The van der Waals surface area contributed by atoms with Crippen LogP contribution in [0.15, 0.2) is 200 Å². The first kappa shape index (κ1) is 30.8. The van der Waals surface area contributed by atoms with E-state index in [1.807, 2.05) is 11.3 Å². The second-order valence-electron chi connectivity index (χ2n) is 14.0. The van der Waals surface area contributed by atoms with Crippen LogP contribution in [0.2, 0.25) is 0 Å². The van der Waals surface area contributed by atoms with Gasteiger partial charge in [0.2, 0.25) is 0 Å². The molecule has 0 aliphatic rings. The van der Waals surface area contributed by atoms with Gasteiger partial charge in [0.05, 0.1) is 11.4 Å². The van der Waals surface area contributed by atoms with Gasteiger partial charge in [-0.2, -0.15) is 0 Å². The predicted molar refractivity (Wildman–Crippen MR) is 235 cm³/mol. The fourth-order valence-electron chi connectivity index (χ4n) is 8.60. The highest BCUT2D eigenvalue weighted by molar-refractivity contribution is 7.26. The first-order valence-electron chi connectivity index (χ1n) is 18.5. The molecule has 54 heavy (non-hydrogen) atoms. The van der Waals surface area contributed by atoms with E-state index in [0.29, 0.717) is 0 Å². The summed E-state index contributed by atoms with van der Waals surface area (Å²) in [6.45, 7) is 0. The first-order chi connectivity index (χ1) is 26.8. The Morgan fingerprint density at radius 3 is 1.80 bits per heavy atom. The number of hydrogen-bond donors (Lipinski definition) is 0. The number of anilines is 3. The third-order valence-electron chi connectivity index (χ3n) is 11.0. The average Bonchev–Trinajstić information content (AvgIpc) is 3.63. The van der Waals surface area contributed by atoms with E-state index in [-0.39, 0.29) is 0 Å². The maximum Gasteiger partial charge on any atom is 0.0554 e. The van der Waals surface area contributed by atoms with Gasteiger partial charge in [-0.3, -0.25) is 0 Å². The normalized spacial score (nSPS) is 11.7. The molecule has 0 atom stereocenters. The van der Waals surface area contributed by atoms with Gasteiger partial charge in [0, 0.05) is 36.8 Å². The van der Waals surface area contributed by atoms with Crippen molar-refractivity contribution >= 4 is 91.7 Å². The maximum atomic E-state index is 2.47. The SMILES string of the molecule is c1ccc(-c2ccccc2N(c2ccc(-c3cccc4c3ccc3ccc5ccccc5c34)cc2)c2cc3sc4ccccc4c3c3ccccc23)cc1. The van der Waals surface area contributed by atoms with E-state index < -0.39 is 0 Å². The average molecular weight is 704 g/mol. The fraction of sp³-hybridized carbons (Fsp3) is 0. The number of para-hydroxylation sites is 1. The molecule has 11 rings (SSSR count). The highest BCUT2D eigenvalue weighted by atomic mass is 32.1. The molecule has 11 aromatic rings. The number of hydrogen-bond acceptors (Lipinski definition) is 2. The van der Waals surface area contributed by atoms with Crippen molar-refractivity contribution in [1.82, 2.24) is 0 Å². The lowest BCUT2D eigenvalue weighted by Crippen LogP contribution is -2.11. The van der Waals surface area contributed by atoms with Crippen LogP contribution in [0.25, 0.3) is 85.5 Å². The Bertz CT molecular complexity index is 3210. The van der Waals surface area contributed by atoms with Gasteiger partial charge in [-0.05, 0) is 84.7 Å². The molecule has 0 unspecified atom stereocenters. The van der Waals surface area contributed by atoms with Gasteiger partial charge >= 0.3 is 0 Å². The predicted octanol–water partition coefficient (Wildman–Crippen LogP) is 15.5. The molecule has 1 aromatic heterocycles.